The number of rotatable bonds is 6. The minimum absolute atomic E-state index is 0.133. The average molecular weight is 337 g/mol. The lowest BCUT2D eigenvalue weighted by Crippen LogP contribution is -2.19. The number of fused-ring (bicyclic) bond motifs is 1. The van der Waals surface area contributed by atoms with Gasteiger partial charge in [-0.05, 0) is 13.0 Å². The van der Waals surface area contributed by atoms with E-state index in [1.807, 2.05) is 6.07 Å². The number of benzene rings is 1. The summed E-state index contributed by atoms with van der Waals surface area (Å²) in [5, 5.41) is 3.82. The van der Waals surface area contributed by atoms with Crippen LogP contribution in [0.25, 0.3) is 0 Å². The molecular formula is C16H19NO7. The summed E-state index contributed by atoms with van der Waals surface area (Å²) in [6, 6.07) is 1.83. The van der Waals surface area contributed by atoms with E-state index in [9.17, 15) is 4.79 Å². The summed E-state index contributed by atoms with van der Waals surface area (Å²) in [5.74, 6) is 1.69. The Kier molecular flexibility index (Phi) is 4.64. The number of carbonyl (C=O) groups excluding carboxylic acids is 1. The molecule has 0 fully saturated rings. The first-order chi connectivity index (χ1) is 11.7. The molecule has 3 rings (SSSR count). The van der Waals surface area contributed by atoms with E-state index in [1.165, 1.54) is 7.11 Å². The van der Waals surface area contributed by atoms with Crippen molar-refractivity contribution in [3.63, 3.8) is 0 Å². The fourth-order valence-corrected chi connectivity index (χ4v) is 2.72. The van der Waals surface area contributed by atoms with Gasteiger partial charge in [0.05, 0.1) is 20.8 Å². The predicted octanol–water partition coefficient (Wildman–Crippen LogP) is 1.68. The van der Waals surface area contributed by atoms with Crippen molar-refractivity contribution in [1.82, 2.24) is 0 Å². The van der Waals surface area contributed by atoms with Gasteiger partial charge >= 0.3 is 5.97 Å². The van der Waals surface area contributed by atoms with Crippen molar-refractivity contribution in [2.24, 2.45) is 5.16 Å². The standard InChI is InChI=1S/C16H19NO7/c1-4-21-16(18)11-7-10(24-17-11)5-9-6-12-14(23-8-22-12)15(20-3)13(9)19-2/h6,10H,4-5,7-8H2,1-3H3/t10-/m1/s1. The van der Waals surface area contributed by atoms with E-state index in [0.29, 0.717) is 42.4 Å². The predicted molar refractivity (Wildman–Crippen MR) is 82.9 cm³/mol. The van der Waals surface area contributed by atoms with Crippen LogP contribution in [0.2, 0.25) is 0 Å². The molecule has 0 bridgehead atoms. The maximum atomic E-state index is 11.7. The molecule has 0 aliphatic carbocycles. The molecule has 0 N–H and O–H groups in total. The highest BCUT2D eigenvalue weighted by Gasteiger charge is 2.31. The number of hydrogen-bond donors (Lipinski definition) is 0. The van der Waals surface area contributed by atoms with Crippen LogP contribution in [-0.4, -0.2) is 45.4 Å². The molecule has 0 aromatic heterocycles. The van der Waals surface area contributed by atoms with Gasteiger partial charge in [-0.25, -0.2) is 4.79 Å². The normalized spacial score (nSPS) is 18.0. The summed E-state index contributed by atoms with van der Waals surface area (Å²) < 4.78 is 26.7. The number of oxime groups is 1. The van der Waals surface area contributed by atoms with Crippen LogP contribution in [-0.2, 0) is 20.8 Å². The van der Waals surface area contributed by atoms with Gasteiger partial charge in [0.15, 0.2) is 17.2 Å². The maximum Gasteiger partial charge on any atom is 0.356 e. The number of hydrogen-bond acceptors (Lipinski definition) is 8. The molecule has 1 aromatic carbocycles. The largest absolute Gasteiger partial charge is 0.492 e. The molecule has 0 amide bonds. The molecule has 0 spiro atoms. The van der Waals surface area contributed by atoms with Crippen LogP contribution >= 0.6 is 0 Å². The smallest absolute Gasteiger partial charge is 0.356 e. The van der Waals surface area contributed by atoms with Crippen molar-refractivity contribution in [2.75, 3.05) is 27.6 Å². The van der Waals surface area contributed by atoms with Crippen LogP contribution in [0, 0.1) is 0 Å². The Morgan fingerprint density at radius 1 is 1.29 bits per heavy atom. The molecule has 0 saturated heterocycles. The van der Waals surface area contributed by atoms with Gasteiger partial charge < -0.3 is 28.5 Å². The Morgan fingerprint density at radius 2 is 2.08 bits per heavy atom. The van der Waals surface area contributed by atoms with E-state index in [-0.39, 0.29) is 18.6 Å². The van der Waals surface area contributed by atoms with Crippen LogP contribution in [0.5, 0.6) is 23.0 Å². The number of methoxy groups -OCH3 is 2. The quantitative estimate of drug-likeness (QED) is 0.730. The molecule has 2 heterocycles. The molecule has 0 radical (unpaired) electrons. The summed E-state index contributed by atoms with van der Waals surface area (Å²) in [5.41, 5.74) is 1.11. The van der Waals surface area contributed by atoms with Crippen molar-refractivity contribution >= 4 is 11.7 Å². The molecule has 8 nitrogen and oxygen atoms in total. The van der Waals surface area contributed by atoms with Crippen LogP contribution in [0.1, 0.15) is 18.9 Å². The second-order valence-corrected chi connectivity index (χ2v) is 5.23. The fraction of sp³-hybridized carbons (Fsp3) is 0.500. The second kappa shape index (κ2) is 6.86. The summed E-state index contributed by atoms with van der Waals surface area (Å²) in [4.78, 5) is 17.1. The summed E-state index contributed by atoms with van der Waals surface area (Å²) in [6.45, 7) is 2.18. The lowest BCUT2D eigenvalue weighted by molar-refractivity contribution is -0.135. The average Bonchev–Trinajstić information content (AvgIpc) is 3.22. The van der Waals surface area contributed by atoms with Gasteiger partial charge in [0.1, 0.15) is 6.10 Å². The minimum Gasteiger partial charge on any atom is -0.492 e. The summed E-state index contributed by atoms with van der Waals surface area (Å²) in [7, 11) is 3.09. The zero-order valence-electron chi connectivity index (χ0n) is 13.8. The molecule has 130 valence electrons. The topological polar surface area (TPSA) is 84.8 Å². The lowest BCUT2D eigenvalue weighted by atomic mass is 10.0. The first-order valence-electron chi connectivity index (χ1n) is 7.61. The van der Waals surface area contributed by atoms with Gasteiger partial charge in [-0.1, -0.05) is 5.16 Å². The highest BCUT2D eigenvalue weighted by atomic mass is 16.7. The molecule has 1 atom stereocenters. The Labute approximate surface area is 139 Å². The second-order valence-electron chi connectivity index (χ2n) is 5.23. The van der Waals surface area contributed by atoms with E-state index in [1.54, 1.807) is 14.0 Å². The zero-order valence-corrected chi connectivity index (χ0v) is 13.8. The molecule has 8 heteroatoms. The van der Waals surface area contributed by atoms with Crippen LogP contribution in [0.3, 0.4) is 0 Å². The van der Waals surface area contributed by atoms with E-state index in [2.05, 4.69) is 5.16 Å². The van der Waals surface area contributed by atoms with E-state index >= 15 is 0 Å². The van der Waals surface area contributed by atoms with Crippen molar-refractivity contribution in [3.05, 3.63) is 11.6 Å². The fourth-order valence-electron chi connectivity index (χ4n) is 2.72. The third-order valence-corrected chi connectivity index (χ3v) is 3.75. The van der Waals surface area contributed by atoms with Gasteiger partial charge in [-0.3, -0.25) is 0 Å². The third kappa shape index (κ3) is 2.91. The van der Waals surface area contributed by atoms with Crippen molar-refractivity contribution in [1.29, 1.82) is 0 Å². The van der Waals surface area contributed by atoms with Gasteiger partial charge in [0.2, 0.25) is 18.3 Å². The van der Waals surface area contributed by atoms with Crippen LogP contribution in [0.15, 0.2) is 11.2 Å². The maximum absolute atomic E-state index is 11.7. The molecule has 2 aliphatic rings. The highest BCUT2D eigenvalue weighted by molar-refractivity contribution is 6.36. The van der Waals surface area contributed by atoms with Crippen molar-refractivity contribution in [2.45, 2.75) is 25.9 Å². The molecule has 2 aliphatic heterocycles. The highest BCUT2D eigenvalue weighted by Crippen LogP contribution is 2.49. The van der Waals surface area contributed by atoms with Crippen molar-refractivity contribution < 1.29 is 33.3 Å². The summed E-state index contributed by atoms with van der Waals surface area (Å²) >= 11 is 0. The third-order valence-electron chi connectivity index (χ3n) is 3.75. The lowest BCUT2D eigenvalue weighted by Gasteiger charge is -2.16. The summed E-state index contributed by atoms with van der Waals surface area (Å²) in [6.07, 6.45) is 0.560. The Hall–Kier alpha value is -2.64. The molecule has 1 aromatic rings. The van der Waals surface area contributed by atoms with Crippen LogP contribution in [0.4, 0.5) is 0 Å². The van der Waals surface area contributed by atoms with Crippen molar-refractivity contribution in [3.8, 4) is 23.0 Å². The van der Waals surface area contributed by atoms with Crippen LogP contribution < -0.4 is 18.9 Å². The van der Waals surface area contributed by atoms with Gasteiger partial charge in [-0.2, -0.15) is 0 Å². The molecular weight excluding hydrogens is 318 g/mol. The monoisotopic (exact) mass is 337 g/mol. The molecule has 0 unspecified atom stereocenters. The Morgan fingerprint density at radius 3 is 2.79 bits per heavy atom. The van der Waals surface area contributed by atoms with Gasteiger partial charge in [0, 0.05) is 18.4 Å². The minimum atomic E-state index is -0.449. The number of carbonyl (C=O) groups is 1. The number of nitrogens with zero attached hydrogens (tertiary/aromatic N) is 1. The first kappa shape index (κ1) is 16.2. The number of ether oxygens (including phenoxy) is 5. The van der Waals surface area contributed by atoms with Gasteiger partial charge in [-0.15, -0.1) is 0 Å². The van der Waals surface area contributed by atoms with E-state index in [4.69, 9.17) is 28.5 Å². The molecule has 24 heavy (non-hydrogen) atoms. The zero-order chi connectivity index (χ0) is 17.1. The Bertz CT molecular complexity index is 671. The SMILES string of the molecule is CCOC(=O)C1=NO[C@H](Cc2cc3c(c(OC)c2OC)OCO3)C1. The Balaban J connectivity index is 1.78. The van der Waals surface area contributed by atoms with E-state index < -0.39 is 5.97 Å². The first-order valence-corrected chi connectivity index (χ1v) is 7.61. The van der Waals surface area contributed by atoms with E-state index in [0.717, 1.165) is 5.56 Å². The number of esters is 1. The molecule has 0 saturated carbocycles. The van der Waals surface area contributed by atoms with Gasteiger partial charge in [0.25, 0.3) is 0 Å².